The van der Waals surface area contributed by atoms with Crippen LogP contribution in [0.25, 0.3) is 0 Å². The molecule has 1 aromatic rings. The minimum absolute atomic E-state index is 0.0115. The largest absolute Gasteiger partial charge is 0.490 e. The molecule has 0 aliphatic carbocycles. The summed E-state index contributed by atoms with van der Waals surface area (Å²) in [6.07, 6.45) is -0.450. The Hall–Kier alpha value is -4.06. The molecule has 0 spiro atoms. The molecule has 4 atom stereocenters. The summed E-state index contributed by atoms with van der Waals surface area (Å²) in [6, 6.07) is 8.57. The second-order valence-electron chi connectivity index (χ2n) is 10.8. The normalized spacial score (nSPS) is 17.9. The molecule has 2 N–H and O–H groups in total. The second-order valence-corrected chi connectivity index (χ2v) is 10.8. The monoisotopic (exact) mass is 711 g/mol. The van der Waals surface area contributed by atoms with E-state index in [-0.39, 0.29) is 51.2 Å². The Morgan fingerprint density at radius 1 is 0.760 bits per heavy atom. The van der Waals surface area contributed by atoms with Crippen LogP contribution in [0, 0.1) is 0 Å². The summed E-state index contributed by atoms with van der Waals surface area (Å²) in [6.45, 7) is 7.30. The number of esters is 3. The van der Waals surface area contributed by atoms with Gasteiger partial charge in [0.15, 0.2) is 18.0 Å². The van der Waals surface area contributed by atoms with Crippen LogP contribution in [0.5, 0.6) is 0 Å². The van der Waals surface area contributed by atoms with Crippen LogP contribution in [0.2, 0.25) is 0 Å². The standard InChI is InChI=1S/C34H49NO15/c1-24(36)35-34-31(50-27(4)39)18-30(49-26(3)38)32(22-47-25(2)37)48-23-33(34)46-17-16-43-13-12-41-10-11-42-14-15-44-20-29(40)21-45-19-28-8-6-5-7-9-28/h5-9,18,23,29-30,32,34,40H,10-17,19-22H2,1-4H3,(H,35,36)/t29-,30+,32+,34+/m0/s1. The summed E-state index contributed by atoms with van der Waals surface area (Å²) < 4.78 is 54.7. The van der Waals surface area contributed by atoms with Crippen LogP contribution in [0.15, 0.2) is 54.2 Å². The Labute approximate surface area is 291 Å². The van der Waals surface area contributed by atoms with E-state index < -0.39 is 48.2 Å². The van der Waals surface area contributed by atoms with Gasteiger partial charge in [-0.1, -0.05) is 30.3 Å². The molecule has 1 aromatic carbocycles. The van der Waals surface area contributed by atoms with Crippen molar-refractivity contribution in [3.63, 3.8) is 0 Å². The van der Waals surface area contributed by atoms with Gasteiger partial charge in [-0.3, -0.25) is 19.2 Å². The van der Waals surface area contributed by atoms with Crippen molar-refractivity contribution in [3.8, 4) is 0 Å². The Morgan fingerprint density at radius 3 is 1.94 bits per heavy atom. The van der Waals surface area contributed by atoms with Crippen molar-refractivity contribution in [2.75, 3.05) is 72.7 Å². The first-order chi connectivity index (χ1) is 24.0. The Kier molecular flexibility index (Phi) is 21.0. The number of hydrogen-bond acceptors (Lipinski definition) is 15. The first-order valence-electron chi connectivity index (χ1n) is 16.1. The van der Waals surface area contributed by atoms with Crippen LogP contribution in [-0.4, -0.2) is 126 Å². The van der Waals surface area contributed by atoms with Crippen LogP contribution >= 0.6 is 0 Å². The van der Waals surface area contributed by atoms with Crippen molar-refractivity contribution in [3.05, 3.63) is 59.8 Å². The van der Waals surface area contributed by atoms with Crippen LogP contribution < -0.4 is 5.32 Å². The number of carbonyl (C=O) groups excluding carboxylic acids is 4. The third-order valence-corrected chi connectivity index (χ3v) is 6.33. The fourth-order valence-corrected chi connectivity index (χ4v) is 4.20. The van der Waals surface area contributed by atoms with Gasteiger partial charge in [0.2, 0.25) is 5.91 Å². The molecule has 1 amide bonds. The molecule has 0 radical (unpaired) electrons. The molecule has 0 aromatic heterocycles. The number of amides is 1. The molecule has 16 nitrogen and oxygen atoms in total. The van der Waals surface area contributed by atoms with Gasteiger partial charge in [0, 0.05) is 33.8 Å². The number of aliphatic hydroxyl groups excluding tert-OH is 1. The van der Waals surface area contributed by atoms with Gasteiger partial charge in [-0.25, -0.2) is 0 Å². The Balaban J connectivity index is 1.69. The van der Waals surface area contributed by atoms with E-state index in [9.17, 15) is 24.3 Å². The lowest BCUT2D eigenvalue weighted by atomic mass is 10.1. The van der Waals surface area contributed by atoms with Crippen LogP contribution in [0.1, 0.15) is 33.3 Å². The topological polar surface area (TPSA) is 193 Å². The molecule has 0 bridgehead atoms. The zero-order valence-corrected chi connectivity index (χ0v) is 29.0. The highest BCUT2D eigenvalue weighted by Crippen LogP contribution is 2.23. The molecule has 0 fully saturated rings. The number of ether oxygens (including phenoxy) is 10. The van der Waals surface area contributed by atoms with E-state index in [1.807, 2.05) is 30.3 Å². The fourth-order valence-electron chi connectivity index (χ4n) is 4.20. The maximum atomic E-state index is 12.1. The molecule has 280 valence electrons. The average molecular weight is 712 g/mol. The summed E-state index contributed by atoms with van der Waals surface area (Å²) in [5.41, 5.74) is 1.03. The van der Waals surface area contributed by atoms with E-state index in [0.717, 1.165) is 12.5 Å². The Morgan fingerprint density at radius 2 is 1.36 bits per heavy atom. The molecule has 2 rings (SSSR count). The molecular weight excluding hydrogens is 662 g/mol. The lowest BCUT2D eigenvalue weighted by Gasteiger charge is -2.30. The van der Waals surface area contributed by atoms with Gasteiger partial charge in [-0.15, -0.1) is 0 Å². The zero-order valence-electron chi connectivity index (χ0n) is 29.0. The smallest absolute Gasteiger partial charge is 0.307 e. The first kappa shape index (κ1) is 42.1. The minimum atomic E-state index is -1.15. The van der Waals surface area contributed by atoms with Gasteiger partial charge < -0.3 is 57.8 Å². The van der Waals surface area contributed by atoms with Crippen LogP contribution in [0.4, 0.5) is 0 Å². The number of nitrogens with one attached hydrogen (secondary N) is 1. The summed E-state index contributed by atoms with van der Waals surface area (Å²) >= 11 is 0. The predicted molar refractivity (Wildman–Crippen MR) is 174 cm³/mol. The van der Waals surface area contributed by atoms with Gasteiger partial charge in [0.05, 0.1) is 66.1 Å². The SMILES string of the molecule is CC(=O)N[C@H]1C(OCCOCCOCCOCCOC[C@H](O)COCc2ccccc2)=CO[C@H](COC(C)=O)[C@H](OC(C)=O)C=C1OC(C)=O. The molecule has 1 aliphatic rings. The van der Waals surface area contributed by atoms with Crippen molar-refractivity contribution in [2.24, 2.45) is 0 Å². The molecule has 0 saturated carbocycles. The van der Waals surface area contributed by atoms with Crippen molar-refractivity contribution in [1.82, 2.24) is 5.32 Å². The third-order valence-electron chi connectivity index (χ3n) is 6.33. The molecule has 50 heavy (non-hydrogen) atoms. The predicted octanol–water partition coefficient (Wildman–Crippen LogP) is 1.33. The molecule has 1 heterocycles. The van der Waals surface area contributed by atoms with Crippen molar-refractivity contribution in [2.45, 2.75) is 58.7 Å². The number of aliphatic hydroxyl groups is 1. The molecule has 0 unspecified atom stereocenters. The highest BCUT2D eigenvalue weighted by Gasteiger charge is 2.34. The van der Waals surface area contributed by atoms with Crippen molar-refractivity contribution in [1.29, 1.82) is 0 Å². The lowest BCUT2D eigenvalue weighted by molar-refractivity contribution is -0.155. The summed E-state index contributed by atoms with van der Waals surface area (Å²) in [5, 5.41) is 12.6. The maximum Gasteiger partial charge on any atom is 0.307 e. The van der Waals surface area contributed by atoms with E-state index in [1.54, 1.807) is 0 Å². The summed E-state index contributed by atoms with van der Waals surface area (Å²) in [5.74, 6) is -2.49. The quantitative estimate of drug-likeness (QED) is 0.0886. The maximum absolute atomic E-state index is 12.1. The zero-order chi connectivity index (χ0) is 36.6. The number of carbonyl (C=O) groups is 4. The van der Waals surface area contributed by atoms with Gasteiger partial charge in [-0.05, 0) is 5.56 Å². The van der Waals surface area contributed by atoms with E-state index >= 15 is 0 Å². The van der Waals surface area contributed by atoms with Crippen molar-refractivity contribution >= 4 is 23.8 Å². The number of hydrogen-bond donors (Lipinski definition) is 2. The lowest BCUT2D eigenvalue weighted by Crippen LogP contribution is -2.43. The summed E-state index contributed by atoms with van der Waals surface area (Å²) in [4.78, 5) is 47.2. The fraction of sp³-hybridized carbons (Fsp3) is 0.588. The van der Waals surface area contributed by atoms with E-state index in [2.05, 4.69) is 5.32 Å². The van der Waals surface area contributed by atoms with Gasteiger partial charge in [-0.2, -0.15) is 0 Å². The minimum Gasteiger partial charge on any atom is -0.490 e. The van der Waals surface area contributed by atoms with Crippen LogP contribution in [-0.2, 0) is 73.2 Å². The van der Waals surface area contributed by atoms with Crippen molar-refractivity contribution < 1.29 is 71.7 Å². The van der Waals surface area contributed by atoms with Gasteiger partial charge in [0.1, 0.15) is 37.4 Å². The number of rotatable bonds is 24. The number of benzene rings is 1. The average Bonchev–Trinajstić information content (AvgIpc) is 3.05. The van der Waals surface area contributed by atoms with E-state index in [0.29, 0.717) is 39.6 Å². The molecule has 0 saturated heterocycles. The second kappa shape index (κ2) is 25.0. The Bertz CT molecular complexity index is 1220. The van der Waals surface area contributed by atoms with Gasteiger partial charge >= 0.3 is 17.9 Å². The first-order valence-corrected chi connectivity index (χ1v) is 16.1. The summed E-state index contributed by atoms with van der Waals surface area (Å²) in [7, 11) is 0. The van der Waals surface area contributed by atoms with Crippen LogP contribution in [0.3, 0.4) is 0 Å². The third kappa shape index (κ3) is 19.2. The highest BCUT2D eigenvalue weighted by molar-refractivity contribution is 5.74. The van der Waals surface area contributed by atoms with E-state index in [4.69, 9.17) is 47.4 Å². The van der Waals surface area contributed by atoms with Gasteiger partial charge in [0.25, 0.3) is 0 Å². The van der Waals surface area contributed by atoms with E-state index in [1.165, 1.54) is 33.1 Å². The molecule has 1 aliphatic heterocycles. The highest BCUT2D eigenvalue weighted by atomic mass is 16.6. The molecular formula is C34H49NO15. The molecule has 16 heteroatoms.